The summed E-state index contributed by atoms with van der Waals surface area (Å²) in [5.74, 6) is 0. The Morgan fingerprint density at radius 3 is 2.69 bits per heavy atom. The van der Waals surface area contributed by atoms with Crippen LogP contribution in [0.1, 0.15) is 41.8 Å². The molecule has 0 radical (unpaired) electrons. The van der Waals surface area contributed by atoms with Crippen molar-refractivity contribution in [2.24, 2.45) is 0 Å². The van der Waals surface area contributed by atoms with Gasteiger partial charge in [-0.25, -0.2) is 0 Å². The predicted octanol–water partition coefficient (Wildman–Crippen LogP) is 5.13. The second-order valence-electron chi connectivity index (χ2n) is 7.93. The first-order valence-corrected chi connectivity index (χ1v) is 9.96. The minimum Gasteiger partial charge on any atom is -0.344 e. The Morgan fingerprint density at radius 2 is 1.92 bits per heavy atom. The Labute approximate surface area is 157 Å². The molecule has 1 aliphatic heterocycles. The molecular weight excluding hydrogens is 316 g/mol. The molecule has 2 heteroatoms. The van der Waals surface area contributed by atoms with Crippen LogP contribution in [0.4, 0.5) is 0 Å². The van der Waals surface area contributed by atoms with Gasteiger partial charge in [-0.15, -0.1) is 0 Å². The predicted molar refractivity (Wildman–Crippen MR) is 111 cm³/mol. The Morgan fingerprint density at radius 1 is 1.12 bits per heavy atom. The highest BCUT2D eigenvalue weighted by molar-refractivity contribution is 5.86. The van der Waals surface area contributed by atoms with Crippen LogP contribution in [0.25, 0.3) is 10.9 Å². The van der Waals surface area contributed by atoms with E-state index in [0.29, 0.717) is 6.04 Å². The fraction of sp³-hybridized carbons (Fsp3) is 0.417. The fourth-order valence-electron chi connectivity index (χ4n) is 4.37. The number of nitrogens with zero attached hydrogens (tertiary/aromatic N) is 2. The van der Waals surface area contributed by atoms with Crippen molar-refractivity contribution in [1.29, 1.82) is 0 Å². The van der Waals surface area contributed by atoms with E-state index in [4.69, 9.17) is 0 Å². The molecule has 0 spiro atoms. The molecule has 0 bridgehead atoms. The van der Waals surface area contributed by atoms with Gasteiger partial charge in [-0.05, 0) is 68.1 Å². The van der Waals surface area contributed by atoms with E-state index in [1.807, 2.05) is 0 Å². The molecule has 1 aliphatic rings. The standard InChI is InChI=1S/C24H30N2/c1-5-19-10-11-23-21(15-19)22-16-25(4)18(3)14-24(22)26(23)13-12-20-9-7-6-8-17(20)2/h6-11,15,18H,5,12-14,16H2,1-4H3. The zero-order valence-corrected chi connectivity index (χ0v) is 16.5. The molecule has 1 atom stereocenters. The lowest BCUT2D eigenvalue weighted by molar-refractivity contribution is 0.228. The van der Waals surface area contributed by atoms with Crippen LogP contribution in [-0.2, 0) is 32.4 Å². The van der Waals surface area contributed by atoms with Crippen molar-refractivity contribution in [2.45, 2.75) is 59.2 Å². The summed E-state index contributed by atoms with van der Waals surface area (Å²) in [6.07, 6.45) is 3.35. The molecule has 1 aromatic heterocycles. The van der Waals surface area contributed by atoms with Crippen LogP contribution in [0.15, 0.2) is 42.5 Å². The lowest BCUT2D eigenvalue weighted by Crippen LogP contribution is -2.35. The van der Waals surface area contributed by atoms with Crippen molar-refractivity contribution in [1.82, 2.24) is 9.47 Å². The van der Waals surface area contributed by atoms with E-state index in [0.717, 1.165) is 32.4 Å². The molecule has 2 nitrogen and oxygen atoms in total. The molecule has 4 rings (SSSR count). The zero-order chi connectivity index (χ0) is 18.3. The van der Waals surface area contributed by atoms with Crippen molar-refractivity contribution in [3.8, 4) is 0 Å². The smallest absolute Gasteiger partial charge is 0.0486 e. The van der Waals surface area contributed by atoms with Gasteiger partial charge in [-0.3, -0.25) is 4.90 Å². The molecule has 0 saturated carbocycles. The lowest BCUT2D eigenvalue weighted by Gasteiger charge is -2.31. The van der Waals surface area contributed by atoms with Crippen molar-refractivity contribution in [3.63, 3.8) is 0 Å². The van der Waals surface area contributed by atoms with Crippen LogP contribution in [0.5, 0.6) is 0 Å². The number of hydrogen-bond donors (Lipinski definition) is 0. The highest BCUT2D eigenvalue weighted by Gasteiger charge is 2.26. The topological polar surface area (TPSA) is 8.17 Å². The fourth-order valence-corrected chi connectivity index (χ4v) is 4.37. The van der Waals surface area contributed by atoms with Crippen molar-refractivity contribution in [3.05, 3.63) is 70.4 Å². The molecule has 136 valence electrons. The molecule has 0 fully saturated rings. The second kappa shape index (κ2) is 6.92. The van der Waals surface area contributed by atoms with Gasteiger partial charge in [-0.2, -0.15) is 0 Å². The lowest BCUT2D eigenvalue weighted by atomic mass is 9.99. The van der Waals surface area contributed by atoms with Gasteiger partial charge in [0.15, 0.2) is 0 Å². The first kappa shape index (κ1) is 17.4. The minimum absolute atomic E-state index is 0.606. The molecule has 2 aromatic carbocycles. The van der Waals surface area contributed by atoms with E-state index in [2.05, 4.69) is 79.8 Å². The van der Waals surface area contributed by atoms with Crippen LogP contribution < -0.4 is 0 Å². The number of fused-ring (bicyclic) bond motifs is 3. The Kier molecular flexibility index (Phi) is 4.62. The third-order valence-corrected chi connectivity index (χ3v) is 6.27. The molecular formula is C24H30N2. The average Bonchev–Trinajstić information content (AvgIpc) is 2.93. The summed E-state index contributed by atoms with van der Waals surface area (Å²) in [5.41, 5.74) is 8.85. The first-order chi connectivity index (χ1) is 12.6. The quantitative estimate of drug-likeness (QED) is 0.636. The van der Waals surface area contributed by atoms with Gasteiger partial charge in [0.1, 0.15) is 0 Å². The molecule has 26 heavy (non-hydrogen) atoms. The Balaban J connectivity index is 1.78. The summed E-state index contributed by atoms with van der Waals surface area (Å²) < 4.78 is 2.61. The summed E-state index contributed by atoms with van der Waals surface area (Å²) in [5, 5.41) is 1.47. The highest BCUT2D eigenvalue weighted by atomic mass is 15.1. The van der Waals surface area contributed by atoms with E-state index < -0.39 is 0 Å². The summed E-state index contributed by atoms with van der Waals surface area (Å²) in [4.78, 5) is 2.49. The van der Waals surface area contributed by atoms with E-state index in [1.165, 1.54) is 27.6 Å². The van der Waals surface area contributed by atoms with E-state index in [-0.39, 0.29) is 0 Å². The van der Waals surface area contributed by atoms with Crippen molar-refractivity contribution >= 4 is 10.9 Å². The number of rotatable bonds is 4. The van der Waals surface area contributed by atoms with Gasteiger partial charge < -0.3 is 4.57 Å². The third kappa shape index (κ3) is 2.97. The number of aryl methyl sites for hydroxylation is 4. The average molecular weight is 347 g/mol. The van der Waals surface area contributed by atoms with Gasteiger partial charge in [0.2, 0.25) is 0 Å². The van der Waals surface area contributed by atoms with Gasteiger partial charge in [0.25, 0.3) is 0 Å². The van der Waals surface area contributed by atoms with Gasteiger partial charge in [0.05, 0.1) is 0 Å². The number of hydrogen-bond acceptors (Lipinski definition) is 1. The normalized spacial score (nSPS) is 17.6. The maximum Gasteiger partial charge on any atom is 0.0486 e. The largest absolute Gasteiger partial charge is 0.344 e. The van der Waals surface area contributed by atoms with Crippen LogP contribution >= 0.6 is 0 Å². The Hall–Kier alpha value is -2.06. The van der Waals surface area contributed by atoms with Crippen molar-refractivity contribution in [2.75, 3.05) is 7.05 Å². The summed E-state index contributed by atoms with van der Waals surface area (Å²) in [6.45, 7) is 8.96. The van der Waals surface area contributed by atoms with E-state index >= 15 is 0 Å². The van der Waals surface area contributed by atoms with Crippen LogP contribution in [0, 0.1) is 6.92 Å². The third-order valence-electron chi connectivity index (χ3n) is 6.27. The van der Waals surface area contributed by atoms with Gasteiger partial charge >= 0.3 is 0 Å². The van der Waals surface area contributed by atoms with Crippen molar-refractivity contribution < 1.29 is 0 Å². The number of benzene rings is 2. The van der Waals surface area contributed by atoms with Gasteiger partial charge in [-0.1, -0.05) is 37.3 Å². The number of aromatic nitrogens is 1. The van der Waals surface area contributed by atoms with Crippen LogP contribution in [0.2, 0.25) is 0 Å². The summed E-state index contributed by atoms with van der Waals surface area (Å²) in [7, 11) is 2.26. The molecule has 1 unspecified atom stereocenters. The molecule has 2 heterocycles. The van der Waals surface area contributed by atoms with Crippen LogP contribution in [0.3, 0.4) is 0 Å². The first-order valence-electron chi connectivity index (χ1n) is 9.96. The highest BCUT2D eigenvalue weighted by Crippen LogP contribution is 2.33. The minimum atomic E-state index is 0.606. The maximum absolute atomic E-state index is 2.61. The summed E-state index contributed by atoms with van der Waals surface area (Å²) >= 11 is 0. The molecule has 0 aliphatic carbocycles. The monoisotopic (exact) mass is 346 g/mol. The molecule has 0 N–H and O–H groups in total. The molecule has 3 aromatic rings. The molecule has 0 saturated heterocycles. The summed E-state index contributed by atoms with van der Waals surface area (Å²) in [6, 6.07) is 16.5. The Bertz CT molecular complexity index is 935. The second-order valence-corrected chi connectivity index (χ2v) is 7.93. The van der Waals surface area contributed by atoms with Gasteiger partial charge in [0, 0.05) is 42.1 Å². The van der Waals surface area contributed by atoms with E-state index in [9.17, 15) is 0 Å². The zero-order valence-electron chi connectivity index (χ0n) is 16.5. The maximum atomic E-state index is 2.61. The van der Waals surface area contributed by atoms with Crippen LogP contribution in [-0.4, -0.2) is 22.6 Å². The van der Waals surface area contributed by atoms with E-state index in [1.54, 1.807) is 11.3 Å². The molecule has 0 amide bonds. The number of likely N-dealkylation sites (N-methyl/N-ethyl adjacent to an activating group) is 1. The SMILES string of the molecule is CCc1ccc2c(c1)c1c(n2CCc2ccccc2C)CC(C)N(C)C1.